The van der Waals surface area contributed by atoms with Crippen LogP contribution in [0.3, 0.4) is 0 Å². The van der Waals surface area contributed by atoms with Gasteiger partial charge in [0.15, 0.2) is 0 Å². The van der Waals surface area contributed by atoms with E-state index in [1.807, 2.05) is 10.8 Å². The fourth-order valence-electron chi connectivity index (χ4n) is 1.87. The molecule has 0 atom stereocenters. The Morgan fingerprint density at radius 1 is 1.38 bits per heavy atom. The molecule has 7 nitrogen and oxygen atoms in total. The van der Waals surface area contributed by atoms with E-state index in [2.05, 4.69) is 15.6 Å². The lowest BCUT2D eigenvalue weighted by molar-refractivity contribution is 0.0696. The van der Waals surface area contributed by atoms with Gasteiger partial charge in [-0.3, -0.25) is 0 Å². The molecule has 2 rings (SSSR count). The summed E-state index contributed by atoms with van der Waals surface area (Å²) in [6, 6.07) is 4.32. The molecule has 21 heavy (non-hydrogen) atoms. The summed E-state index contributed by atoms with van der Waals surface area (Å²) in [6.07, 6.45) is 5.16. The molecule has 0 aliphatic rings. The third-order valence-corrected chi connectivity index (χ3v) is 2.93. The summed E-state index contributed by atoms with van der Waals surface area (Å²) in [5, 5.41) is 14.3. The van der Waals surface area contributed by atoms with Crippen LogP contribution in [0, 0.1) is 6.92 Å². The smallest absolute Gasteiger partial charge is 0.335 e. The number of carboxylic acids is 1. The van der Waals surface area contributed by atoms with Crippen LogP contribution in [0.25, 0.3) is 0 Å². The topological polar surface area (TPSA) is 96.3 Å². The van der Waals surface area contributed by atoms with Crippen LogP contribution in [0.1, 0.15) is 15.9 Å². The lowest BCUT2D eigenvalue weighted by atomic mass is 10.1. The summed E-state index contributed by atoms with van der Waals surface area (Å²) in [5.41, 5.74) is 1.37. The summed E-state index contributed by atoms with van der Waals surface area (Å²) in [6.45, 7) is 2.78. The van der Waals surface area contributed by atoms with E-state index in [4.69, 9.17) is 5.11 Å². The minimum Gasteiger partial charge on any atom is -0.478 e. The lowest BCUT2D eigenvalue weighted by Crippen LogP contribution is -2.31. The van der Waals surface area contributed by atoms with Gasteiger partial charge in [0.25, 0.3) is 0 Å². The number of carboxylic acid groups (broad SMARTS) is 1. The molecule has 0 unspecified atom stereocenters. The molecule has 0 saturated carbocycles. The second kappa shape index (κ2) is 6.56. The van der Waals surface area contributed by atoms with Crippen molar-refractivity contribution in [3.63, 3.8) is 0 Å². The number of nitrogens with one attached hydrogen (secondary N) is 2. The quantitative estimate of drug-likeness (QED) is 0.780. The number of carbonyl (C=O) groups excluding carboxylic acids is 1. The number of hydrogen-bond donors (Lipinski definition) is 3. The molecular formula is C14H16N4O3. The van der Waals surface area contributed by atoms with Crippen LogP contribution < -0.4 is 10.6 Å². The molecule has 0 bridgehead atoms. The Balaban J connectivity index is 1.85. The van der Waals surface area contributed by atoms with Crippen molar-refractivity contribution < 1.29 is 14.7 Å². The van der Waals surface area contributed by atoms with Crippen molar-refractivity contribution >= 4 is 17.7 Å². The predicted octanol–water partition coefficient (Wildman–Crippen LogP) is 1.71. The molecular weight excluding hydrogens is 272 g/mol. The molecule has 2 aromatic rings. The highest BCUT2D eigenvalue weighted by atomic mass is 16.4. The van der Waals surface area contributed by atoms with E-state index in [9.17, 15) is 9.59 Å². The number of amides is 2. The zero-order valence-electron chi connectivity index (χ0n) is 11.5. The monoisotopic (exact) mass is 288 g/mol. The number of aryl methyl sites for hydroxylation is 1. The van der Waals surface area contributed by atoms with Gasteiger partial charge in [-0.25, -0.2) is 14.6 Å². The van der Waals surface area contributed by atoms with Crippen LogP contribution in [-0.4, -0.2) is 33.2 Å². The molecule has 3 N–H and O–H groups in total. The minimum absolute atomic E-state index is 0.223. The highest BCUT2D eigenvalue weighted by Gasteiger charge is 2.08. The highest BCUT2D eigenvalue weighted by Crippen LogP contribution is 2.15. The summed E-state index contributed by atoms with van der Waals surface area (Å²) >= 11 is 0. The standard InChI is InChI=1S/C14H16N4O3/c1-10-8-11(2-3-12(10)13(19)20)17-14(21)16-5-7-18-6-4-15-9-18/h2-4,6,8-9H,5,7H2,1H3,(H,19,20)(H2,16,17,21). The van der Waals surface area contributed by atoms with E-state index in [0.717, 1.165) is 0 Å². The lowest BCUT2D eigenvalue weighted by Gasteiger charge is -2.09. The van der Waals surface area contributed by atoms with Gasteiger partial charge in [-0.05, 0) is 30.7 Å². The van der Waals surface area contributed by atoms with Gasteiger partial charge in [0, 0.05) is 31.2 Å². The first-order chi connectivity index (χ1) is 10.1. The SMILES string of the molecule is Cc1cc(NC(=O)NCCn2ccnc2)ccc1C(=O)O. The van der Waals surface area contributed by atoms with Crippen molar-refractivity contribution in [1.82, 2.24) is 14.9 Å². The molecule has 1 aromatic heterocycles. The Labute approximate surface area is 121 Å². The zero-order chi connectivity index (χ0) is 15.2. The maximum atomic E-state index is 11.7. The number of rotatable bonds is 5. The predicted molar refractivity (Wildman–Crippen MR) is 77.4 cm³/mol. The normalized spacial score (nSPS) is 10.1. The summed E-state index contributed by atoms with van der Waals surface area (Å²) in [4.78, 5) is 26.5. The van der Waals surface area contributed by atoms with Crippen LogP contribution in [0.2, 0.25) is 0 Å². The van der Waals surface area contributed by atoms with Gasteiger partial charge >= 0.3 is 12.0 Å². The van der Waals surface area contributed by atoms with Gasteiger partial charge in [0.1, 0.15) is 0 Å². The molecule has 0 aliphatic carbocycles. The Morgan fingerprint density at radius 3 is 2.81 bits per heavy atom. The average molecular weight is 288 g/mol. The summed E-state index contributed by atoms with van der Waals surface area (Å²) in [7, 11) is 0. The van der Waals surface area contributed by atoms with E-state index in [1.54, 1.807) is 31.6 Å². The molecule has 1 heterocycles. The van der Waals surface area contributed by atoms with Crippen molar-refractivity contribution in [2.45, 2.75) is 13.5 Å². The van der Waals surface area contributed by atoms with Crippen LogP contribution in [0.4, 0.5) is 10.5 Å². The van der Waals surface area contributed by atoms with E-state index in [0.29, 0.717) is 24.3 Å². The van der Waals surface area contributed by atoms with E-state index < -0.39 is 5.97 Å². The van der Waals surface area contributed by atoms with Gasteiger partial charge in [-0.15, -0.1) is 0 Å². The van der Waals surface area contributed by atoms with Gasteiger partial charge in [0.05, 0.1) is 11.9 Å². The number of aromatic nitrogens is 2. The van der Waals surface area contributed by atoms with Crippen LogP contribution >= 0.6 is 0 Å². The van der Waals surface area contributed by atoms with Crippen molar-refractivity contribution in [3.8, 4) is 0 Å². The number of anilines is 1. The van der Waals surface area contributed by atoms with Gasteiger partial charge < -0.3 is 20.3 Å². The van der Waals surface area contributed by atoms with Crippen LogP contribution in [-0.2, 0) is 6.54 Å². The van der Waals surface area contributed by atoms with E-state index in [1.165, 1.54) is 6.07 Å². The fraction of sp³-hybridized carbons (Fsp3) is 0.214. The maximum absolute atomic E-state index is 11.7. The van der Waals surface area contributed by atoms with Crippen molar-refractivity contribution in [2.75, 3.05) is 11.9 Å². The fourth-order valence-corrected chi connectivity index (χ4v) is 1.87. The Kier molecular flexibility index (Phi) is 4.55. The average Bonchev–Trinajstić information content (AvgIpc) is 2.91. The van der Waals surface area contributed by atoms with Crippen LogP contribution in [0.5, 0.6) is 0 Å². The first kappa shape index (κ1) is 14.6. The number of hydrogen-bond acceptors (Lipinski definition) is 3. The number of nitrogens with zero attached hydrogens (tertiary/aromatic N) is 2. The second-order valence-electron chi connectivity index (χ2n) is 4.52. The maximum Gasteiger partial charge on any atom is 0.335 e. The summed E-state index contributed by atoms with van der Waals surface area (Å²) in [5.74, 6) is -0.983. The molecule has 110 valence electrons. The minimum atomic E-state index is -0.983. The number of aromatic carboxylic acids is 1. The van der Waals surface area contributed by atoms with E-state index in [-0.39, 0.29) is 11.6 Å². The van der Waals surface area contributed by atoms with E-state index >= 15 is 0 Å². The zero-order valence-corrected chi connectivity index (χ0v) is 11.5. The molecule has 0 radical (unpaired) electrons. The number of benzene rings is 1. The van der Waals surface area contributed by atoms with Gasteiger partial charge in [-0.2, -0.15) is 0 Å². The highest BCUT2D eigenvalue weighted by molar-refractivity contribution is 5.92. The number of carbonyl (C=O) groups is 2. The largest absolute Gasteiger partial charge is 0.478 e. The first-order valence-electron chi connectivity index (χ1n) is 6.41. The molecule has 0 aliphatic heterocycles. The molecule has 0 fully saturated rings. The Morgan fingerprint density at radius 2 is 2.19 bits per heavy atom. The Hall–Kier alpha value is -2.83. The third-order valence-electron chi connectivity index (χ3n) is 2.93. The van der Waals surface area contributed by atoms with Gasteiger partial charge in [-0.1, -0.05) is 0 Å². The second-order valence-corrected chi connectivity index (χ2v) is 4.52. The van der Waals surface area contributed by atoms with Gasteiger partial charge in [0.2, 0.25) is 0 Å². The summed E-state index contributed by atoms with van der Waals surface area (Å²) < 4.78 is 1.85. The molecule has 0 spiro atoms. The Bertz CT molecular complexity index is 638. The van der Waals surface area contributed by atoms with Crippen LogP contribution in [0.15, 0.2) is 36.9 Å². The van der Waals surface area contributed by atoms with Crippen molar-refractivity contribution in [2.24, 2.45) is 0 Å². The van der Waals surface area contributed by atoms with Crippen molar-refractivity contribution in [1.29, 1.82) is 0 Å². The third kappa shape index (κ3) is 4.07. The molecule has 2 amide bonds. The number of urea groups is 1. The molecule has 1 aromatic carbocycles. The first-order valence-corrected chi connectivity index (χ1v) is 6.41. The molecule has 0 saturated heterocycles. The molecule has 7 heteroatoms. The number of imidazole rings is 1. The van der Waals surface area contributed by atoms with Crippen molar-refractivity contribution in [3.05, 3.63) is 48.0 Å².